The zero-order chi connectivity index (χ0) is 26.4. The number of nitrogens with zero attached hydrogens (tertiary/aromatic N) is 2. The molecule has 3 aliphatic heterocycles. The van der Waals surface area contributed by atoms with Crippen LogP contribution < -0.4 is 0 Å². The van der Waals surface area contributed by atoms with Crippen LogP contribution >= 0.6 is 0 Å². The Bertz CT molecular complexity index is 997. The van der Waals surface area contributed by atoms with E-state index in [9.17, 15) is 19.5 Å². The molecule has 2 bridgehead atoms. The first-order valence-electron chi connectivity index (χ1n) is 13.3. The van der Waals surface area contributed by atoms with Crippen molar-refractivity contribution in [1.82, 2.24) is 9.80 Å². The lowest BCUT2D eigenvalue weighted by Gasteiger charge is -2.36. The summed E-state index contributed by atoms with van der Waals surface area (Å²) in [5.41, 5.74) is -0.0839. The predicted octanol–water partition coefficient (Wildman–Crippen LogP) is 2.86. The van der Waals surface area contributed by atoms with Crippen LogP contribution in [-0.4, -0.2) is 76.7 Å². The van der Waals surface area contributed by atoms with E-state index in [4.69, 9.17) is 9.47 Å². The summed E-state index contributed by atoms with van der Waals surface area (Å²) in [4.78, 5) is 44.6. The molecule has 1 spiro atoms. The Morgan fingerprint density at radius 1 is 1.19 bits per heavy atom. The Labute approximate surface area is 218 Å². The maximum atomic E-state index is 14.2. The molecule has 3 saturated heterocycles. The molecular formula is C29H38N2O6. The molecule has 0 aromatic heterocycles. The zero-order valence-corrected chi connectivity index (χ0v) is 21.4. The van der Waals surface area contributed by atoms with Gasteiger partial charge in [-0.3, -0.25) is 14.4 Å². The number of fused-ring (bicyclic) bond motifs is 1. The number of amides is 2. The van der Waals surface area contributed by atoms with E-state index in [1.807, 2.05) is 30.3 Å². The summed E-state index contributed by atoms with van der Waals surface area (Å²) in [7, 11) is 0. The van der Waals surface area contributed by atoms with Crippen LogP contribution in [0.4, 0.5) is 0 Å². The molecule has 200 valence electrons. The molecule has 0 aliphatic carbocycles. The number of aliphatic hydroxyl groups is 1. The highest BCUT2D eigenvalue weighted by Gasteiger charge is 2.75. The van der Waals surface area contributed by atoms with Crippen molar-refractivity contribution in [3.8, 4) is 0 Å². The van der Waals surface area contributed by atoms with Crippen LogP contribution in [0.2, 0.25) is 0 Å². The van der Waals surface area contributed by atoms with E-state index in [0.717, 1.165) is 12.0 Å². The molecule has 1 aromatic rings. The minimum Gasteiger partial charge on any atom is -0.465 e. The molecule has 1 N–H and O–H groups in total. The fraction of sp³-hybridized carbons (Fsp3) is 0.552. The molecule has 4 rings (SSSR count). The van der Waals surface area contributed by atoms with Crippen molar-refractivity contribution in [3.63, 3.8) is 0 Å². The van der Waals surface area contributed by atoms with Gasteiger partial charge >= 0.3 is 5.97 Å². The Morgan fingerprint density at radius 3 is 2.68 bits per heavy atom. The first-order valence-corrected chi connectivity index (χ1v) is 13.3. The molecule has 3 aliphatic rings. The molecule has 8 nitrogen and oxygen atoms in total. The van der Waals surface area contributed by atoms with E-state index in [1.54, 1.807) is 22.0 Å². The number of unbranched alkanes of at least 4 members (excludes halogenated alkanes) is 2. The number of aliphatic hydroxyl groups excluding tert-OH is 1. The van der Waals surface area contributed by atoms with E-state index in [0.29, 0.717) is 51.7 Å². The van der Waals surface area contributed by atoms with Crippen LogP contribution in [0, 0.1) is 11.8 Å². The lowest BCUT2D eigenvalue weighted by atomic mass is 9.70. The monoisotopic (exact) mass is 510 g/mol. The average molecular weight is 511 g/mol. The summed E-state index contributed by atoms with van der Waals surface area (Å²) in [6, 6.07) is 8.85. The van der Waals surface area contributed by atoms with Crippen molar-refractivity contribution in [2.45, 2.75) is 62.8 Å². The second-order valence-electron chi connectivity index (χ2n) is 10.1. The number of esters is 1. The minimum absolute atomic E-state index is 0.00401. The Kier molecular flexibility index (Phi) is 8.82. The van der Waals surface area contributed by atoms with Crippen molar-refractivity contribution in [2.24, 2.45) is 11.8 Å². The molecule has 8 heteroatoms. The summed E-state index contributed by atoms with van der Waals surface area (Å²) in [6.45, 7) is 8.80. The predicted molar refractivity (Wildman–Crippen MR) is 138 cm³/mol. The number of likely N-dealkylation sites (tertiary alicyclic amines) is 1. The van der Waals surface area contributed by atoms with Gasteiger partial charge in [-0.25, -0.2) is 0 Å². The number of ether oxygens (including phenoxy) is 2. The molecule has 0 radical (unpaired) electrons. The number of benzene rings is 1. The van der Waals surface area contributed by atoms with Gasteiger partial charge in [-0.2, -0.15) is 0 Å². The van der Waals surface area contributed by atoms with Crippen molar-refractivity contribution < 1.29 is 29.0 Å². The number of rotatable bonds is 14. The number of hydrogen-bond donors (Lipinski definition) is 1. The molecular weight excluding hydrogens is 472 g/mol. The van der Waals surface area contributed by atoms with E-state index in [1.165, 1.54) is 0 Å². The Morgan fingerprint density at radius 2 is 1.97 bits per heavy atom. The van der Waals surface area contributed by atoms with Gasteiger partial charge in [0.25, 0.3) is 0 Å². The third kappa shape index (κ3) is 5.22. The highest BCUT2D eigenvalue weighted by molar-refractivity contribution is 5.98. The molecule has 3 fully saturated rings. The maximum Gasteiger partial charge on any atom is 0.312 e. The largest absolute Gasteiger partial charge is 0.465 e. The van der Waals surface area contributed by atoms with Gasteiger partial charge in [0.2, 0.25) is 11.8 Å². The molecule has 5 atom stereocenters. The highest BCUT2D eigenvalue weighted by atomic mass is 16.6. The highest BCUT2D eigenvalue weighted by Crippen LogP contribution is 2.58. The van der Waals surface area contributed by atoms with Crippen LogP contribution in [0.3, 0.4) is 0 Å². The summed E-state index contributed by atoms with van der Waals surface area (Å²) in [5, 5.41) is 9.32. The fourth-order valence-electron chi connectivity index (χ4n) is 6.20. The second-order valence-corrected chi connectivity index (χ2v) is 10.1. The summed E-state index contributed by atoms with van der Waals surface area (Å²) >= 11 is 0. The normalized spacial score (nSPS) is 27.7. The van der Waals surface area contributed by atoms with Crippen LogP contribution in [-0.2, 0) is 30.4 Å². The SMILES string of the molecule is C=CCCCOC(=O)[C@@H]1[C@@H]2CCC3(O2)C(C(=O)N(CC=C)Cc2ccccc2)N(CCCCO)C(=O)[C@H]13. The fourth-order valence-corrected chi connectivity index (χ4v) is 6.20. The van der Waals surface area contributed by atoms with E-state index in [2.05, 4.69) is 13.2 Å². The second kappa shape index (κ2) is 12.0. The van der Waals surface area contributed by atoms with Crippen LogP contribution in [0.15, 0.2) is 55.6 Å². The quantitative estimate of drug-likeness (QED) is 0.235. The van der Waals surface area contributed by atoms with Gasteiger partial charge in [0.1, 0.15) is 11.6 Å². The van der Waals surface area contributed by atoms with Crippen LogP contribution in [0.5, 0.6) is 0 Å². The van der Waals surface area contributed by atoms with Crippen LogP contribution in [0.1, 0.15) is 44.1 Å². The van der Waals surface area contributed by atoms with Crippen LogP contribution in [0.25, 0.3) is 0 Å². The molecule has 3 heterocycles. The lowest BCUT2D eigenvalue weighted by Crippen LogP contribution is -2.56. The molecule has 37 heavy (non-hydrogen) atoms. The summed E-state index contributed by atoms with van der Waals surface area (Å²) in [6.07, 6.45) is 6.63. The van der Waals surface area contributed by atoms with Crippen molar-refractivity contribution in [2.75, 3.05) is 26.3 Å². The minimum atomic E-state index is -1.06. The third-order valence-corrected chi connectivity index (χ3v) is 7.79. The molecule has 1 aromatic carbocycles. The summed E-state index contributed by atoms with van der Waals surface area (Å²) < 4.78 is 12.0. The zero-order valence-electron chi connectivity index (χ0n) is 21.4. The smallest absolute Gasteiger partial charge is 0.312 e. The number of allylic oxidation sites excluding steroid dienone is 1. The van der Waals surface area contributed by atoms with Gasteiger partial charge < -0.3 is 24.4 Å². The number of hydrogen-bond acceptors (Lipinski definition) is 6. The van der Waals surface area contributed by atoms with E-state index >= 15 is 0 Å². The first kappa shape index (κ1) is 27.1. The molecule has 2 unspecified atom stereocenters. The van der Waals surface area contributed by atoms with Gasteiger partial charge in [0.05, 0.1) is 24.5 Å². The van der Waals surface area contributed by atoms with E-state index in [-0.39, 0.29) is 25.0 Å². The maximum absolute atomic E-state index is 14.2. The number of carbonyl (C=O) groups is 3. The van der Waals surface area contributed by atoms with Crippen molar-refractivity contribution in [3.05, 3.63) is 61.2 Å². The first-order chi connectivity index (χ1) is 18.0. The average Bonchev–Trinajstić information content (AvgIpc) is 3.54. The van der Waals surface area contributed by atoms with Gasteiger partial charge in [0.15, 0.2) is 0 Å². The topological polar surface area (TPSA) is 96.4 Å². The van der Waals surface area contributed by atoms with Crippen molar-refractivity contribution >= 4 is 17.8 Å². The lowest BCUT2D eigenvalue weighted by molar-refractivity contribution is -0.155. The Hall–Kier alpha value is -2.97. The van der Waals surface area contributed by atoms with Gasteiger partial charge in [0, 0.05) is 26.2 Å². The van der Waals surface area contributed by atoms with Gasteiger partial charge in [-0.05, 0) is 44.1 Å². The van der Waals surface area contributed by atoms with Gasteiger partial charge in [-0.1, -0.05) is 42.5 Å². The van der Waals surface area contributed by atoms with Gasteiger partial charge in [-0.15, -0.1) is 13.2 Å². The molecule has 0 saturated carbocycles. The third-order valence-electron chi connectivity index (χ3n) is 7.79. The standard InChI is InChI=1S/C29H38N2O6/c1-3-5-11-19-36-28(35)23-22-14-15-29(37-22)24(23)26(33)31(17-9-10-18-32)25(29)27(34)30(16-4-2)20-21-12-7-6-8-13-21/h3-4,6-8,12-13,22-25,32H,1-2,5,9-11,14-20H2/t22-,23+,24-,25?,29?/m0/s1. The summed E-state index contributed by atoms with van der Waals surface area (Å²) in [5.74, 6) is -2.33. The van der Waals surface area contributed by atoms with E-state index < -0.39 is 35.6 Å². The Balaban J connectivity index is 1.63. The molecule has 2 amide bonds. The number of carbonyl (C=O) groups excluding carboxylic acids is 3. The van der Waals surface area contributed by atoms with Crippen molar-refractivity contribution in [1.29, 1.82) is 0 Å².